The van der Waals surface area contributed by atoms with Gasteiger partial charge in [0, 0.05) is 38.0 Å². The van der Waals surface area contributed by atoms with Gasteiger partial charge in [-0.3, -0.25) is 4.90 Å². The van der Waals surface area contributed by atoms with Crippen LogP contribution in [0.15, 0.2) is 194 Å². The first-order valence-electron chi connectivity index (χ1n) is 18.5. The first kappa shape index (κ1) is 31.4. The molecule has 0 unspecified atom stereocenters. The Labute approximate surface area is 322 Å². The van der Waals surface area contributed by atoms with Crippen molar-refractivity contribution < 1.29 is 0 Å². The van der Waals surface area contributed by atoms with Gasteiger partial charge < -0.3 is 4.90 Å². The molecule has 0 atom stereocenters. The van der Waals surface area contributed by atoms with Crippen LogP contribution in [0.1, 0.15) is 0 Å². The molecule has 5 heteroatoms. The minimum Gasteiger partial charge on any atom is -0.305 e. The highest BCUT2D eigenvalue weighted by Crippen LogP contribution is 2.59. The predicted octanol–water partition coefficient (Wildman–Crippen LogP) is 14.3. The summed E-state index contributed by atoms with van der Waals surface area (Å²) in [6.07, 6.45) is 0. The standard InChI is InChI=1S/C50H32N4S/c1-2-14-39(15-3-1)54-45-20-10-9-19-44(45)53(48-42-17-7-11-21-46(42)55-50(48)54)40-30-28-36(29-31-40)49-51-43-18-8-6-16-41(43)47(52-49)35-25-22-34(23-26-35)38-27-24-33-12-4-5-13-37(33)32-38/h1-32H. The largest absolute Gasteiger partial charge is 0.305 e. The molecule has 0 spiro atoms. The molecule has 3 heterocycles. The normalized spacial score (nSPS) is 12.3. The van der Waals surface area contributed by atoms with E-state index < -0.39 is 0 Å². The van der Waals surface area contributed by atoms with Crippen LogP contribution in [-0.2, 0) is 0 Å². The average Bonchev–Trinajstić information content (AvgIpc) is 3.64. The van der Waals surface area contributed by atoms with Gasteiger partial charge in [-0.05, 0) is 88.6 Å². The predicted molar refractivity (Wildman–Crippen MR) is 232 cm³/mol. The van der Waals surface area contributed by atoms with Gasteiger partial charge in [0.05, 0.1) is 28.3 Å². The molecule has 4 nitrogen and oxygen atoms in total. The Balaban J connectivity index is 0.995. The highest BCUT2D eigenvalue weighted by atomic mass is 32.1. The van der Waals surface area contributed by atoms with E-state index in [9.17, 15) is 0 Å². The third-order valence-electron chi connectivity index (χ3n) is 10.6. The van der Waals surface area contributed by atoms with Crippen molar-refractivity contribution in [2.24, 2.45) is 0 Å². The van der Waals surface area contributed by atoms with Gasteiger partial charge >= 0.3 is 0 Å². The van der Waals surface area contributed by atoms with Gasteiger partial charge in [0.2, 0.25) is 0 Å². The fraction of sp³-hybridized carbons (Fsp3) is 0. The summed E-state index contributed by atoms with van der Waals surface area (Å²) in [6, 6.07) is 69.0. The molecule has 0 fully saturated rings. The van der Waals surface area contributed by atoms with Crippen molar-refractivity contribution >= 4 is 76.5 Å². The molecule has 0 saturated heterocycles. The molecule has 1 aliphatic heterocycles. The number of aromatic nitrogens is 2. The molecule has 0 bridgehead atoms. The third-order valence-corrected chi connectivity index (χ3v) is 11.7. The molecule has 2 aromatic heterocycles. The highest BCUT2D eigenvalue weighted by Gasteiger charge is 2.33. The van der Waals surface area contributed by atoms with E-state index in [0.29, 0.717) is 5.82 Å². The Morgan fingerprint density at radius 2 is 1.00 bits per heavy atom. The topological polar surface area (TPSA) is 32.3 Å². The Hall–Kier alpha value is -7.08. The third kappa shape index (κ3) is 5.28. The number of hydrogen-bond donors (Lipinski definition) is 0. The summed E-state index contributed by atoms with van der Waals surface area (Å²) in [5, 5.41) is 5.95. The number of thiophene rings is 1. The lowest BCUT2D eigenvalue weighted by Crippen LogP contribution is -2.22. The van der Waals surface area contributed by atoms with Gasteiger partial charge in [-0.15, -0.1) is 11.3 Å². The number of anilines is 6. The second-order valence-electron chi connectivity index (χ2n) is 13.8. The summed E-state index contributed by atoms with van der Waals surface area (Å²) in [5.41, 5.74) is 11.9. The van der Waals surface area contributed by atoms with Gasteiger partial charge in [0.1, 0.15) is 5.00 Å². The van der Waals surface area contributed by atoms with E-state index in [1.165, 1.54) is 42.7 Å². The molecule has 0 saturated carbocycles. The van der Waals surface area contributed by atoms with E-state index in [1.807, 2.05) is 17.4 Å². The zero-order chi connectivity index (χ0) is 36.3. The maximum Gasteiger partial charge on any atom is 0.160 e. The summed E-state index contributed by atoms with van der Waals surface area (Å²) in [6.45, 7) is 0. The zero-order valence-corrected chi connectivity index (χ0v) is 30.5. The lowest BCUT2D eigenvalue weighted by atomic mass is 9.98. The van der Waals surface area contributed by atoms with Crippen molar-refractivity contribution in [3.63, 3.8) is 0 Å². The van der Waals surface area contributed by atoms with Crippen LogP contribution in [0.25, 0.3) is 65.5 Å². The molecule has 55 heavy (non-hydrogen) atoms. The van der Waals surface area contributed by atoms with E-state index >= 15 is 0 Å². The minimum absolute atomic E-state index is 0.704. The molecule has 0 radical (unpaired) electrons. The quantitative estimate of drug-likeness (QED) is 0.177. The zero-order valence-electron chi connectivity index (χ0n) is 29.7. The van der Waals surface area contributed by atoms with Crippen molar-refractivity contribution in [3.05, 3.63) is 194 Å². The van der Waals surface area contributed by atoms with E-state index in [-0.39, 0.29) is 0 Å². The van der Waals surface area contributed by atoms with Crippen LogP contribution in [0, 0.1) is 0 Å². The molecule has 0 amide bonds. The Morgan fingerprint density at radius 3 is 1.82 bits per heavy atom. The summed E-state index contributed by atoms with van der Waals surface area (Å²) in [4.78, 5) is 15.1. The summed E-state index contributed by atoms with van der Waals surface area (Å²) < 4.78 is 1.25. The lowest BCUT2D eigenvalue weighted by molar-refractivity contribution is 1.20. The van der Waals surface area contributed by atoms with Gasteiger partial charge in [0.15, 0.2) is 5.82 Å². The van der Waals surface area contributed by atoms with Gasteiger partial charge in [-0.1, -0.05) is 127 Å². The van der Waals surface area contributed by atoms with Gasteiger partial charge in [0.25, 0.3) is 0 Å². The van der Waals surface area contributed by atoms with Crippen LogP contribution in [0.4, 0.5) is 33.4 Å². The Morgan fingerprint density at radius 1 is 0.400 bits per heavy atom. The van der Waals surface area contributed by atoms with Crippen molar-refractivity contribution in [1.29, 1.82) is 0 Å². The maximum absolute atomic E-state index is 5.25. The summed E-state index contributed by atoms with van der Waals surface area (Å²) in [7, 11) is 0. The Kier molecular flexibility index (Phi) is 7.32. The second kappa shape index (κ2) is 12.8. The smallest absolute Gasteiger partial charge is 0.160 e. The highest BCUT2D eigenvalue weighted by molar-refractivity contribution is 7.24. The Bertz CT molecular complexity index is 3040. The average molecular weight is 721 g/mol. The van der Waals surface area contributed by atoms with Crippen LogP contribution in [0.5, 0.6) is 0 Å². The van der Waals surface area contributed by atoms with E-state index in [1.54, 1.807) is 0 Å². The van der Waals surface area contributed by atoms with E-state index in [0.717, 1.165) is 50.5 Å². The number of rotatable bonds is 5. The fourth-order valence-electron chi connectivity index (χ4n) is 7.94. The van der Waals surface area contributed by atoms with E-state index in [4.69, 9.17) is 9.97 Å². The molecule has 0 N–H and O–H groups in total. The van der Waals surface area contributed by atoms with Gasteiger partial charge in [-0.25, -0.2) is 9.97 Å². The number of hydrogen-bond acceptors (Lipinski definition) is 5. The van der Waals surface area contributed by atoms with Crippen LogP contribution in [0.3, 0.4) is 0 Å². The fourth-order valence-corrected chi connectivity index (χ4v) is 9.16. The van der Waals surface area contributed by atoms with Crippen molar-refractivity contribution in [3.8, 4) is 33.8 Å². The molecule has 258 valence electrons. The first-order chi connectivity index (χ1) is 27.3. The minimum atomic E-state index is 0.704. The van der Waals surface area contributed by atoms with Crippen LogP contribution in [0.2, 0.25) is 0 Å². The maximum atomic E-state index is 5.25. The molecule has 0 aliphatic carbocycles. The SMILES string of the molecule is c1ccc(N2c3ccccc3N(c3ccc(-c4nc(-c5ccc(-c6ccc7ccccc7c6)cc5)c5ccccc5n4)cc3)c3c2sc2ccccc32)cc1. The summed E-state index contributed by atoms with van der Waals surface area (Å²) >= 11 is 1.83. The van der Waals surface area contributed by atoms with E-state index in [2.05, 4.69) is 198 Å². The molecule has 1 aliphatic rings. The molecule has 8 aromatic carbocycles. The van der Waals surface area contributed by atoms with Crippen LogP contribution >= 0.6 is 11.3 Å². The van der Waals surface area contributed by atoms with Crippen molar-refractivity contribution in [2.45, 2.75) is 0 Å². The number of para-hydroxylation sites is 4. The van der Waals surface area contributed by atoms with Crippen molar-refractivity contribution in [2.75, 3.05) is 9.80 Å². The molecule has 11 rings (SSSR count). The molecule has 10 aromatic rings. The number of nitrogens with zero attached hydrogens (tertiary/aromatic N) is 4. The van der Waals surface area contributed by atoms with Crippen molar-refractivity contribution in [1.82, 2.24) is 9.97 Å². The van der Waals surface area contributed by atoms with Crippen LogP contribution < -0.4 is 9.80 Å². The second-order valence-corrected chi connectivity index (χ2v) is 14.9. The number of fused-ring (bicyclic) bond motifs is 6. The first-order valence-corrected chi connectivity index (χ1v) is 19.3. The monoisotopic (exact) mass is 720 g/mol. The lowest BCUT2D eigenvalue weighted by Gasteiger charge is -2.38. The molecular weight excluding hydrogens is 689 g/mol. The molecular formula is C50H32N4S. The summed E-state index contributed by atoms with van der Waals surface area (Å²) in [5.74, 6) is 0.704. The van der Waals surface area contributed by atoms with Gasteiger partial charge in [-0.2, -0.15) is 0 Å². The van der Waals surface area contributed by atoms with Crippen LogP contribution in [-0.4, -0.2) is 9.97 Å². The number of benzene rings is 8.